The lowest BCUT2D eigenvalue weighted by Crippen LogP contribution is -2.47. The van der Waals surface area contributed by atoms with Gasteiger partial charge in [0.15, 0.2) is 5.96 Å². The van der Waals surface area contributed by atoms with Crippen LogP contribution in [0.4, 0.5) is 0 Å². The van der Waals surface area contributed by atoms with E-state index in [2.05, 4.69) is 36.0 Å². The van der Waals surface area contributed by atoms with Gasteiger partial charge < -0.3 is 20.9 Å². The first-order valence-corrected chi connectivity index (χ1v) is 9.06. The van der Waals surface area contributed by atoms with Crippen molar-refractivity contribution in [3.8, 4) is 0 Å². The van der Waals surface area contributed by atoms with Gasteiger partial charge in [-0.05, 0) is 45.7 Å². The molecule has 1 aliphatic heterocycles. The number of nitrogens with two attached hydrogens (primary N) is 1. The molecule has 1 rings (SSSR count). The number of aliphatic imine (C=N–C) groups is 1. The van der Waals surface area contributed by atoms with Crippen molar-refractivity contribution < 1.29 is 4.79 Å². The summed E-state index contributed by atoms with van der Waals surface area (Å²) < 4.78 is 0. The van der Waals surface area contributed by atoms with E-state index in [-0.39, 0.29) is 5.91 Å². The maximum atomic E-state index is 11.2. The highest BCUT2D eigenvalue weighted by atomic mass is 16.1. The second-order valence-corrected chi connectivity index (χ2v) is 6.52. The molecule has 3 N–H and O–H groups in total. The summed E-state index contributed by atoms with van der Waals surface area (Å²) in [4.78, 5) is 20.5. The van der Waals surface area contributed by atoms with Crippen molar-refractivity contribution in [1.82, 2.24) is 15.1 Å². The van der Waals surface area contributed by atoms with Gasteiger partial charge in [-0.1, -0.05) is 13.3 Å². The number of hydrogen-bond donors (Lipinski definition) is 2. The van der Waals surface area contributed by atoms with Crippen LogP contribution in [0.25, 0.3) is 0 Å². The van der Waals surface area contributed by atoms with Gasteiger partial charge in [0.1, 0.15) is 0 Å². The van der Waals surface area contributed by atoms with Gasteiger partial charge in [-0.2, -0.15) is 0 Å². The minimum absolute atomic E-state index is 0.198. The molecule has 6 heteroatoms. The lowest BCUT2D eigenvalue weighted by molar-refractivity contribution is -0.119. The van der Waals surface area contributed by atoms with E-state index in [0.29, 0.717) is 12.3 Å². The number of rotatable bonds is 9. The predicted octanol–water partition coefficient (Wildman–Crippen LogP) is 1.27. The first kappa shape index (κ1) is 19.7. The van der Waals surface area contributed by atoms with E-state index in [0.717, 1.165) is 58.1 Å². The number of nitrogens with one attached hydrogen (secondary N) is 1. The van der Waals surface area contributed by atoms with Crippen LogP contribution in [-0.2, 0) is 4.79 Å². The maximum Gasteiger partial charge on any atom is 0.217 e. The molecule has 0 spiro atoms. The molecule has 1 atom stereocenters. The summed E-state index contributed by atoms with van der Waals surface area (Å²) in [5.41, 5.74) is 5.35. The Morgan fingerprint density at radius 3 is 2.83 bits per heavy atom. The van der Waals surface area contributed by atoms with Crippen LogP contribution in [0.2, 0.25) is 0 Å². The summed E-state index contributed by atoms with van der Waals surface area (Å²) in [5, 5.41) is 3.38. The highest BCUT2D eigenvalue weighted by Crippen LogP contribution is 2.19. The molecular weight excluding hydrogens is 290 g/mol. The van der Waals surface area contributed by atoms with E-state index in [9.17, 15) is 4.79 Å². The van der Waals surface area contributed by atoms with Gasteiger partial charge >= 0.3 is 0 Å². The molecule has 1 amide bonds. The Kier molecular flexibility index (Phi) is 9.67. The highest BCUT2D eigenvalue weighted by Gasteiger charge is 2.23. The van der Waals surface area contributed by atoms with Gasteiger partial charge in [0.2, 0.25) is 5.91 Å². The van der Waals surface area contributed by atoms with Crippen molar-refractivity contribution in [3.05, 3.63) is 0 Å². The van der Waals surface area contributed by atoms with Crippen molar-refractivity contribution in [1.29, 1.82) is 0 Å². The number of likely N-dealkylation sites (N-methyl/N-ethyl adjacent to an activating group) is 1. The molecule has 0 aromatic carbocycles. The van der Waals surface area contributed by atoms with E-state index in [1.54, 1.807) is 0 Å². The Balaban J connectivity index is 2.51. The van der Waals surface area contributed by atoms with Crippen molar-refractivity contribution in [3.63, 3.8) is 0 Å². The Morgan fingerprint density at radius 1 is 1.39 bits per heavy atom. The minimum Gasteiger partial charge on any atom is -0.370 e. The number of carbonyl (C=O) groups excluding carboxylic acids is 1. The number of primary amides is 1. The van der Waals surface area contributed by atoms with Crippen molar-refractivity contribution >= 4 is 11.9 Å². The topological polar surface area (TPSA) is 74.0 Å². The molecule has 1 fully saturated rings. The molecule has 1 aliphatic rings. The van der Waals surface area contributed by atoms with Crippen LogP contribution < -0.4 is 11.1 Å². The number of guanidine groups is 1. The average Bonchev–Trinajstić information content (AvgIpc) is 2.51. The molecular formula is C17H35N5O. The maximum absolute atomic E-state index is 11.2. The molecule has 23 heavy (non-hydrogen) atoms. The normalized spacial score (nSPS) is 19.2. The summed E-state index contributed by atoms with van der Waals surface area (Å²) in [6.07, 6.45) is 5.12. The smallest absolute Gasteiger partial charge is 0.217 e. The van der Waals surface area contributed by atoms with Gasteiger partial charge in [0.05, 0.1) is 6.54 Å². The number of unbranched alkanes of at least 4 members (excludes halogenated alkanes) is 1. The number of nitrogens with zero attached hydrogens (tertiary/aromatic N) is 3. The van der Waals surface area contributed by atoms with Crippen LogP contribution in [0.1, 0.15) is 46.0 Å². The Bertz CT molecular complexity index is 372. The molecule has 134 valence electrons. The summed E-state index contributed by atoms with van der Waals surface area (Å²) in [7, 11) is 2.15. The molecule has 0 saturated carbocycles. The second kappa shape index (κ2) is 11.3. The Hall–Kier alpha value is -1.30. The van der Waals surface area contributed by atoms with Gasteiger partial charge in [0, 0.05) is 32.6 Å². The molecule has 0 aliphatic carbocycles. The molecule has 1 unspecified atom stereocenters. The van der Waals surface area contributed by atoms with Crippen LogP contribution in [0.5, 0.6) is 0 Å². The van der Waals surface area contributed by atoms with Gasteiger partial charge in [-0.25, -0.2) is 0 Å². The summed E-state index contributed by atoms with van der Waals surface area (Å²) in [6, 6.07) is 0. The van der Waals surface area contributed by atoms with Crippen LogP contribution in [-0.4, -0.2) is 68.0 Å². The largest absolute Gasteiger partial charge is 0.370 e. The van der Waals surface area contributed by atoms with Crippen molar-refractivity contribution in [2.75, 3.05) is 46.3 Å². The number of carbonyl (C=O) groups is 1. The van der Waals surface area contributed by atoms with Gasteiger partial charge in [-0.15, -0.1) is 0 Å². The zero-order valence-corrected chi connectivity index (χ0v) is 15.2. The van der Waals surface area contributed by atoms with Gasteiger partial charge in [-0.3, -0.25) is 9.79 Å². The Morgan fingerprint density at radius 2 is 2.17 bits per heavy atom. The summed E-state index contributed by atoms with van der Waals surface area (Å²) >= 11 is 0. The van der Waals surface area contributed by atoms with E-state index in [1.807, 2.05) is 0 Å². The zero-order valence-electron chi connectivity index (χ0n) is 15.2. The standard InChI is InChI=1S/C17H35N5O/c1-4-6-10-21(3)12-9-20-17(19-5-2)22-11-7-8-15(14-22)13-16(18)23/h15H,4-14H2,1-3H3,(H2,18,23)(H,19,20). The lowest BCUT2D eigenvalue weighted by atomic mass is 9.95. The average molecular weight is 326 g/mol. The SMILES string of the molecule is CCCCN(C)CCN=C(NCC)N1CCCC(CC(N)=O)C1. The quantitative estimate of drug-likeness (QED) is 0.494. The number of likely N-dealkylation sites (tertiary alicyclic amines) is 1. The highest BCUT2D eigenvalue weighted by molar-refractivity contribution is 5.80. The Labute approximate surface area is 141 Å². The minimum atomic E-state index is -0.198. The van der Waals surface area contributed by atoms with Crippen LogP contribution >= 0.6 is 0 Å². The fourth-order valence-electron chi connectivity index (χ4n) is 3.00. The fourth-order valence-corrected chi connectivity index (χ4v) is 3.00. The molecule has 1 saturated heterocycles. The van der Waals surface area contributed by atoms with Crippen LogP contribution in [0, 0.1) is 5.92 Å². The third-order valence-corrected chi connectivity index (χ3v) is 4.28. The summed E-state index contributed by atoms with van der Waals surface area (Å²) in [6.45, 7) is 9.97. The molecule has 0 bridgehead atoms. The number of amides is 1. The predicted molar refractivity (Wildman–Crippen MR) is 96.5 cm³/mol. The van der Waals surface area contributed by atoms with Crippen LogP contribution in [0.3, 0.4) is 0 Å². The van der Waals surface area contributed by atoms with Crippen molar-refractivity contribution in [2.24, 2.45) is 16.6 Å². The molecule has 0 radical (unpaired) electrons. The van der Waals surface area contributed by atoms with Crippen LogP contribution in [0.15, 0.2) is 4.99 Å². The lowest BCUT2D eigenvalue weighted by Gasteiger charge is -2.34. The third kappa shape index (κ3) is 8.21. The second-order valence-electron chi connectivity index (χ2n) is 6.52. The van der Waals surface area contributed by atoms with Crippen molar-refractivity contribution in [2.45, 2.75) is 46.0 Å². The number of piperidine rings is 1. The zero-order chi connectivity index (χ0) is 17.1. The van der Waals surface area contributed by atoms with Gasteiger partial charge in [0.25, 0.3) is 0 Å². The van der Waals surface area contributed by atoms with E-state index in [1.165, 1.54) is 12.8 Å². The molecule has 6 nitrogen and oxygen atoms in total. The fraction of sp³-hybridized carbons (Fsp3) is 0.882. The molecule has 0 aromatic heterocycles. The van der Waals surface area contributed by atoms with E-state index >= 15 is 0 Å². The van der Waals surface area contributed by atoms with E-state index in [4.69, 9.17) is 10.7 Å². The monoisotopic (exact) mass is 325 g/mol. The first-order chi connectivity index (χ1) is 11.1. The molecule has 0 aromatic rings. The van der Waals surface area contributed by atoms with E-state index < -0.39 is 0 Å². The first-order valence-electron chi connectivity index (χ1n) is 9.06. The number of hydrogen-bond acceptors (Lipinski definition) is 3. The molecule has 1 heterocycles. The third-order valence-electron chi connectivity index (χ3n) is 4.28. The summed E-state index contributed by atoms with van der Waals surface area (Å²) in [5.74, 6) is 1.14.